The maximum Gasteiger partial charge on any atom is 0.417 e. The molecular formula is C28H28F3N3O3S. The molecule has 1 heterocycles. The number of nitrogens with zero attached hydrogens (tertiary/aromatic N) is 2. The molecule has 3 aromatic carbocycles. The lowest BCUT2D eigenvalue weighted by Crippen LogP contribution is -2.30. The predicted octanol–water partition coefficient (Wildman–Crippen LogP) is 6.14. The van der Waals surface area contributed by atoms with E-state index in [0.717, 1.165) is 6.07 Å². The van der Waals surface area contributed by atoms with Gasteiger partial charge in [0.05, 0.1) is 16.2 Å². The maximum atomic E-state index is 13.9. The molecule has 38 heavy (non-hydrogen) atoms. The van der Waals surface area contributed by atoms with Gasteiger partial charge in [-0.3, -0.25) is 4.57 Å². The summed E-state index contributed by atoms with van der Waals surface area (Å²) in [5, 5.41) is 10.6. The molecule has 0 radical (unpaired) electrons. The van der Waals surface area contributed by atoms with Crippen LogP contribution in [-0.2, 0) is 21.8 Å². The van der Waals surface area contributed by atoms with Crippen molar-refractivity contribution in [2.45, 2.75) is 50.4 Å². The normalized spacial score (nSPS) is 12.8. The third kappa shape index (κ3) is 5.82. The molecule has 0 amide bonds. The Morgan fingerprint density at radius 1 is 0.921 bits per heavy atom. The van der Waals surface area contributed by atoms with Crippen molar-refractivity contribution in [2.24, 2.45) is 0 Å². The number of sulfonamides is 1. The zero-order valence-corrected chi connectivity index (χ0v) is 22.1. The third-order valence-corrected chi connectivity index (χ3v) is 7.46. The monoisotopic (exact) mass is 543 g/mol. The Balaban J connectivity index is 1.87. The molecule has 0 saturated carbocycles. The molecule has 4 aromatic rings. The smallest absolute Gasteiger partial charge is 0.384 e. The van der Waals surface area contributed by atoms with E-state index in [1.54, 1.807) is 56.3 Å². The predicted molar refractivity (Wildman–Crippen MR) is 140 cm³/mol. The van der Waals surface area contributed by atoms with Gasteiger partial charge in [-0.2, -0.15) is 13.2 Å². The van der Waals surface area contributed by atoms with Gasteiger partial charge in [-0.1, -0.05) is 42.5 Å². The summed E-state index contributed by atoms with van der Waals surface area (Å²) in [5.74, 6) is 0.0182. The summed E-state index contributed by atoms with van der Waals surface area (Å²) in [7, 11) is -3.73. The molecular weight excluding hydrogens is 515 g/mol. The minimum atomic E-state index is -4.61. The molecule has 0 aliphatic carbocycles. The molecule has 0 unspecified atom stereocenters. The Bertz CT molecular complexity index is 1570. The molecule has 2 N–H and O–H groups in total. The van der Waals surface area contributed by atoms with Gasteiger partial charge in [-0.25, -0.2) is 18.1 Å². The van der Waals surface area contributed by atoms with Gasteiger partial charge in [0.15, 0.2) is 0 Å². The van der Waals surface area contributed by atoms with Gasteiger partial charge in [0.25, 0.3) is 0 Å². The van der Waals surface area contributed by atoms with Gasteiger partial charge < -0.3 is 5.11 Å². The molecule has 0 bridgehead atoms. The third-order valence-electron chi connectivity index (χ3n) is 5.80. The summed E-state index contributed by atoms with van der Waals surface area (Å²) < 4.78 is 71.0. The summed E-state index contributed by atoms with van der Waals surface area (Å²) in [6.07, 6.45) is -3.10. The van der Waals surface area contributed by atoms with Crippen LogP contribution in [0.1, 0.15) is 39.0 Å². The van der Waals surface area contributed by atoms with Gasteiger partial charge in [-0.15, -0.1) is 0 Å². The van der Waals surface area contributed by atoms with Crippen molar-refractivity contribution >= 4 is 10.0 Å². The van der Waals surface area contributed by atoms with E-state index in [-0.39, 0.29) is 28.0 Å². The van der Waals surface area contributed by atoms with E-state index in [2.05, 4.69) is 9.71 Å². The number of benzene rings is 3. The van der Waals surface area contributed by atoms with E-state index in [9.17, 15) is 26.7 Å². The summed E-state index contributed by atoms with van der Waals surface area (Å²) in [5.41, 5.74) is -0.434. The first kappa shape index (κ1) is 27.6. The zero-order valence-electron chi connectivity index (χ0n) is 21.3. The van der Waals surface area contributed by atoms with Crippen LogP contribution in [0.4, 0.5) is 13.2 Å². The van der Waals surface area contributed by atoms with Crippen LogP contribution < -0.4 is 4.72 Å². The molecule has 0 saturated heterocycles. The number of halogens is 3. The minimum absolute atomic E-state index is 0.0182. The molecule has 0 spiro atoms. The topological polar surface area (TPSA) is 84.2 Å². The number of rotatable bonds is 7. The van der Waals surface area contributed by atoms with Crippen molar-refractivity contribution in [1.82, 2.24) is 14.3 Å². The Labute approximate surface area is 219 Å². The van der Waals surface area contributed by atoms with Crippen molar-refractivity contribution in [1.29, 1.82) is 0 Å². The first-order valence-electron chi connectivity index (χ1n) is 11.9. The highest BCUT2D eigenvalue weighted by Gasteiger charge is 2.35. The van der Waals surface area contributed by atoms with E-state index in [0.29, 0.717) is 16.8 Å². The molecule has 1 aromatic heterocycles. The number of hydrogen-bond donors (Lipinski definition) is 2. The fourth-order valence-electron chi connectivity index (χ4n) is 4.04. The van der Waals surface area contributed by atoms with E-state index in [1.807, 2.05) is 0 Å². The molecule has 0 aliphatic heterocycles. The van der Waals surface area contributed by atoms with Gasteiger partial charge in [0.1, 0.15) is 11.4 Å². The number of imidazole rings is 1. The van der Waals surface area contributed by atoms with Gasteiger partial charge in [0.2, 0.25) is 10.0 Å². The number of nitrogens with one attached hydrogen (secondary N) is 1. The molecule has 10 heteroatoms. The van der Waals surface area contributed by atoms with Crippen molar-refractivity contribution in [2.75, 3.05) is 0 Å². The summed E-state index contributed by atoms with van der Waals surface area (Å²) >= 11 is 0. The first-order chi connectivity index (χ1) is 17.7. The van der Waals surface area contributed by atoms with E-state index in [1.165, 1.54) is 48.9 Å². The summed E-state index contributed by atoms with van der Waals surface area (Å²) in [6.45, 7) is 6.47. The Morgan fingerprint density at radius 3 is 2.18 bits per heavy atom. The average molecular weight is 544 g/mol. The van der Waals surface area contributed by atoms with Crippen molar-refractivity contribution < 1.29 is 26.7 Å². The molecule has 0 aliphatic rings. The van der Waals surface area contributed by atoms with Gasteiger partial charge in [-0.05, 0) is 69.2 Å². The molecule has 6 nitrogen and oxygen atoms in total. The number of aliphatic hydroxyl groups is 1. The van der Waals surface area contributed by atoms with Crippen molar-refractivity contribution in [3.63, 3.8) is 0 Å². The fourth-order valence-corrected chi connectivity index (χ4v) is 5.34. The lowest BCUT2D eigenvalue weighted by molar-refractivity contribution is -0.137. The van der Waals surface area contributed by atoms with Crippen LogP contribution in [0.2, 0.25) is 0 Å². The Kier molecular flexibility index (Phi) is 7.26. The number of aromatic nitrogens is 2. The Hall–Kier alpha value is -3.47. The molecule has 0 fully saturated rings. The minimum Gasteiger partial charge on any atom is -0.384 e. The van der Waals surface area contributed by atoms with Crippen molar-refractivity contribution in [3.8, 4) is 28.2 Å². The summed E-state index contributed by atoms with van der Waals surface area (Å²) in [6, 6.07) is 18.2. The SMILES string of the molecule is CC(C)NS(=O)(=O)c1cccc(-c2cccc(-n3cc(C(C)(C)O)nc3-c3ccccc3C(F)(F)F)c2)c1. The largest absolute Gasteiger partial charge is 0.417 e. The Morgan fingerprint density at radius 2 is 1.55 bits per heavy atom. The molecule has 0 atom stereocenters. The van der Waals surface area contributed by atoms with Crippen LogP contribution in [-0.4, -0.2) is 29.1 Å². The second kappa shape index (κ2) is 10.0. The summed E-state index contributed by atoms with van der Waals surface area (Å²) in [4.78, 5) is 4.50. The fraction of sp³-hybridized carbons (Fsp3) is 0.250. The van der Waals surface area contributed by atoms with Crippen LogP contribution in [0.15, 0.2) is 83.9 Å². The van der Waals surface area contributed by atoms with Gasteiger partial charge in [0, 0.05) is 23.5 Å². The molecule has 200 valence electrons. The maximum absolute atomic E-state index is 13.9. The second-order valence-corrected chi connectivity index (χ2v) is 11.5. The van der Waals surface area contributed by atoms with Crippen LogP contribution >= 0.6 is 0 Å². The molecule has 4 rings (SSSR count). The van der Waals surface area contributed by atoms with E-state index < -0.39 is 27.4 Å². The average Bonchev–Trinajstić information content (AvgIpc) is 3.29. The van der Waals surface area contributed by atoms with Crippen LogP contribution in [0.25, 0.3) is 28.2 Å². The highest BCUT2D eigenvalue weighted by molar-refractivity contribution is 7.89. The van der Waals surface area contributed by atoms with Crippen LogP contribution in [0, 0.1) is 0 Å². The van der Waals surface area contributed by atoms with E-state index >= 15 is 0 Å². The lowest BCUT2D eigenvalue weighted by Gasteiger charge is -2.15. The first-order valence-corrected chi connectivity index (χ1v) is 13.4. The highest BCUT2D eigenvalue weighted by Crippen LogP contribution is 2.38. The zero-order chi connectivity index (χ0) is 27.9. The standard InChI is InChI=1S/C28H28F3N3O3S/c1-18(2)33-38(36,37)22-12-8-10-20(16-22)19-9-7-11-21(15-19)34-17-25(27(3,4)35)32-26(34)23-13-5-6-14-24(23)28(29,30)31/h5-18,33,35H,1-4H3. The second-order valence-electron chi connectivity index (χ2n) is 9.78. The lowest BCUT2D eigenvalue weighted by atomic mass is 10.0. The van der Waals surface area contributed by atoms with E-state index in [4.69, 9.17) is 0 Å². The number of alkyl halides is 3. The highest BCUT2D eigenvalue weighted by atomic mass is 32.2. The quantitative estimate of drug-likeness (QED) is 0.293. The van der Waals surface area contributed by atoms with Gasteiger partial charge >= 0.3 is 6.18 Å². The number of hydrogen-bond acceptors (Lipinski definition) is 4. The van der Waals surface area contributed by atoms with Crippen LogP contribution in [0.3, 0.4) is 0 Å². The van der Waals surface area contributed by atoms with Crippen LogP contribution in [0.5, 0.6) is 0 Å². The van der Waals surface area contributed by atoms with Crippen molar-refractivity contribution in [3.05, 3.63) is 90.3 Å².